The number of hydrogen-bond donors (Lipinski definition) is 0. The quantitative estimate of drug-likeness (QED) is 0.697. The molecule has 0 atom stereocenters. The second kappa shape index (κ2) is 6.80. The van der Waals surface area contributed by atoms with E-state index in [9.17, 15) is 4.39 Å². The number of halogens is 1. The number of nitriles is 1. The van der Waals surface area contributed by atoms with Gasteiger partial charge in [-0.05, 0) is 73.7 Å². The standard InChI is InChI=1S/C23H23FN2/c1-6-18-11-20-15(4)23(19-9-8-17(13-25)10-14(19)3)16(5)26(7-2)22(20)12-21(18)24/h8-12H,4,6-7H2,1-3,5H3. The molecule has 0 amide bonds. The van der Waals surface area contributed by atoms with Gasteiger partial charge in [0.1, 0.15) is 5.82 Å². The van der Waals surface area contributed by atoms with E-state index in [0.29, 0.717) is 17.5 Å². The number of nitrogens with zero attached hydrogens (tertiary/aromatic N) is 2. The van der Waals surface area contributed by atoms with Crippen LogP contribution in [-0.2, 0) is 6.42 Å². The van der Waals surface area contributed by atoms with E-state index in [-0.39, 0.29) is 5.82 Å². The third-order valence-corrected chi connectivity index (χ3v) is 5.17. The molecule has 3 heteroatoms. The van der Waals surface area contributed by atoms with Crippen molar-refractivity contribution in [2.75, 3.05) is 11.4 Å². The molecule has 2 aromatic carbocycles. The van der Waals surface area contributed by atoms with Crippen molar-refractivity contribution in [2.45, 2.75) is 34.1 Å². The maximum Gasteiger partial charge on any atom is 0.128 e. The summed E-state index contributed by atoms with van der Waals surface area (Å²) in [6.07, 6.45) is 0.645. The lowest BCUT2D eigenvalue weighted by molar-refractivity contribution is 0.611. The Kier molecular flexibility index (Phi) is 4.70. The Morgan fingerprint density at radius 1 is 1.12 bits per heavy atom. The average Bonchev–Trinajstić information content (AvgIpc) is 2.63. The number of aryl methyl sites for hydroxylation is 2. The number of benzene rings is 2. The molecule has 1 heterocycles. The number of allylic oxidation sites excluding steroid dienone is 3. The van der Waals surface area contributed by atoms with Crippen LogP contribution >= 0.6 is 0 Å². The molecule has 1 aliphatic rings. The lowest BCUT2D eigenvalue weighted by Gasteiger charge is -2.35. The van der Waals surface area contributed by atoms with Gasteiger partial charge in [-0.3, -0.25) is 0 Å². The normalized spacial score (nSPS) is 13.7. The fourth-order valence-electron chi connectivity index (χ4n) is 3.79. The summed E-state index contributed by atoms with van der Waals surface area (Å²) in [6.45, 7) is 13.2. The third kappa shape index (κ3) is 2.72. The van der Waals surface area contributed by atoms with Gasteiger partial charge in [-0.25, -0.2) is 4.39 Å². The van der Waals surface area contributed by atoms with E-state index in [4.69, 9.17) is 5.26 Å². The maximum atomic E-state index is 14.4. The van der Waals surface area contributed by atoms with Gasteiger partial charge in [0.2, 0.25) is 0 Å². The third-order valence-electron chi connectivity index (χ3n) is 5.17. The van der Waals surface area contributed by atoms with Crippen LogP contribution in [0.1, 0.15) is 48.6 Å². The molecule has 0 aliphatic carbocycles. The topological polar surface area (TPSA) is 27.0 Å². The zero-order valence-corrected chi connectivity index (χ0v) is 15.8. The van der Waals surface area contributed by atoms with Gasteiger partial charge in [0.15, 0.2) is 0 Å². The second-order valence-corrected chi connectivity index (χ2v) is 6.64. The van der Waals surface area contributed by atoms with Gasteiger partial charge in [-0.15, -0.1) is 0 Å². The van der Waals surface area contributed by atoms with Gasteiger partial charge in [0, 0.05) is 23.4 Å². The molecule has 1 aliphatic heterocycles. The summed E-state index contributed by atoms with van der Waals surface area (Å²) in [6, 6.07) is 11.5. The molecule has 0 spiro atoms. The van der Waals surface area contributed by atoms with Crippen LogP contribution in [0.15, 0.2) is 42.6 Å². The second-order valence-electron chi connectivity index (χ2n) is 6.64. The summed E-state index contributed by atoms with van der Waals surface area (Å²) in [5.41, 5.74) is 8.34. The van der Waals surface area contributed by atoms with E-state index >= 15 is 0 Å². The fourth-order valence-corrected chi connectivity index (χ4v) is 3.79. The molecule has 0 saturated heterocycles. The Balaban J connectivity index is 2.25. The summed E-state index contributed by atoms with van der Waals surface area (Å²) in [4.78, 5) is 2.14. The van der Waals surface area contributed by atoms with Crippen molar-refractivity contribution in [2.24, 2.45) is 0 Å². The Morgan fingerprint density at radius 3 is 2.42 bits per heavy atom. The monoisotopic (exact) mass is 346 g/mol. The van der Waals surface area contributed by atoms with E-state index < -0.39 is 0 Å². The van der Waals surface area contributed by atoms with E-state index in [0.717, 1.165) is 45.8 Å². The molecule has 0 unspecified atom stereocenters. The molecule has 0 aromatic heterocycles. The summed E-state index contributed by atoms with van der Waals surface area (Å²) < 4.78 is 14.4. The van der Waals surface area contributed by atoms with Crippen LogP contribution in [-0.4, -0.2) is 6.54 Å². The smallest absolute Gasteiger partial charge is 0.128 e. The summed E-state index contributed by atoms with van der Waals surface area (Å²) in [7, 11) is 0. The molecule has 132 valence electrons. The summed E-state index contributed by atoms with van der Waals surface area (Å²) >= 11 is 0. The first-order valence-corrected chi connectivity index (χ1v) is 8.94. The first-order chi connectivity index (χ1) is 12.4. The minimum absolute atomic E-state index is 0.164. The highest BCUT2D eigenvalue weighted by Crippen LogP contribution is 2.45. The number of fused-ring (bicyclic) bond motifs is 1. The average molecular weight is 346 g/mol. The van der Waals surface area contributed by atoms with E-state index in [1.807, 2.05) is 38.1 Å². The fraction of sp³-hybridized carbons (Fsp3) is 0.261. The Bertz CT molecular complexity index is 976. The lowest BCUT2D eigenvalue weighted by atomic mass is 9.84. The highest BCUT2D eigenvalue weighted by molar-refractivity contribution is 6.11. The Hall–Kier alpha value is -2.86. The zero-order valence-electron chi connectivity index (χ0n) is 15.8. The molecular formula is C23H23FN2. The van der Waals surface area contributed by atoms with Gasteiger partial charge in [-0.1, -0.05) is 19.6 Å². The Morgan fingerprint density at radius 2 is 1.85 bits per heavy atom. The lowest BCUT2D eigenvalue weighted by Crippen LogP contribution is -2.26. The molecule has 0 radical (unpaired) electrons. The predicted octanol–water partition coefficient (Wildman–Crippen LogP) is 5.85. The SMILES string of the molecule is C=C1C(c2ccc(C#N)cc2C)=C(C)N(CC)c2cc(F)c(CC)cc21. The van der Waals surface area contributed by atoms with Crippen LogP contribution in [0.2, 0.25) is 0 Å². The van der Waals surface area contributed by atoms with E-state index in [1.54, 1.807) is 6.07 Å². The maximum absolute atomic E-state index is 14.4. The Labute approximate surface area is 154 Å². The summed E-state index contributed by atoms with van der Waals surface area (Å²) in [5, 5.41) is 9.14. The van der Waals surface area contributed by atoms with E-state index in [1.165, 1.54) is 0 Å². The molecule has 0 saturated carbocycles. The first-order valence-electron chi connectivity index (χ1n) is 8.94. The molecule has 26 heavy (non-hydrogen) atoms. The molecule has 2 nitrogen and oxygen atoms in total. The molecule has 0 bridgehead atoms. The van der Waals surface area contributed by atoms with Gasteiger partial charge in [-0.2, -0.15) is 5.26 Å². The number of hydrogen-bond acceptors (Lipinski definition) is 2. The van der Waals surface area contributed by atoms with Crippen molar-refractivity contribution in [3.63, 3.8) is 0 Å². The van der Waals surface area contributed by atoms with Crippen LogP contribution in [0.5, 0.6) is 0 Å². The molecule has 0 N–H and O–H groups in total. The van der Waals surface area contributed by atoms with Crippen LogP contribution < -0.4 is 4.90 Å². The van der Waals surface area contributed by atoms with Crippen molar-refractivity contribution in [3.8, 4) is 6.07 Å². The predicted molar refractivity (Wildman–Crippen MR) is 106 cm³/mol. The van der Waals surface area contributed by atoms with Crippen LogP contribution in [0, 0.1) is 24.1 Å². The highest BCUT2D eigenvalue weighted by Gasteiger charge is 2.27. The highest BCUT2D eigenvalue weighted by atomic mass is 19.1. The molecular weight excluding hydrogens is 323 g/mol. The number of rotatable bonds is 3. The van der Waals surface area contributed by atoms with Crippen molar-refractivity contribution in [1.29, 1.82) is 5.26 Å². The van der Waals surface area contributed by atoms with Crippen molar-refractivity contribution in [1.82, 2.24) is 0 Å². The van der Waals surface area contributed by atoms with Gasteiger partial charge in [0.05, 0.1) is 17.3 Å². The molecule has 2 aromatic rings. The van der Waals surface area contributed by atoms with Crippen molar-refractivity contribution >= 4 is 16.8 Å². The van der Waals surface area contributed by atoms with Crippen molar-refractivity contribution in [3.05, 3.63) is 76.2 Å². The van der Waals surface area contributed by atoms with Crippen LogP contribution in [0.4, 0.5) is 10.1 Å². The van der Waals surface area contributed by atoms with Gasteiger partial charge >= 0.3 is 0 Å². The molecule has 3 rings (SSSR count). The van der Waals surface area contributed by atoms with E-state index in [2.05, 4.69) is 31.4 Å². The zero-order chi connectivity index (χ0) is 19.0. The van der Waals surface area contributed by atoms with Gasteiger partial charge < -0.3 is 4.90 Å². The number of anilines is 1. The molecule has 0 fully saturated rings. The summed E-state index contributed by atoms with van der Waals surface area (Å²) in [5.74, 6) is -0.164. The minimum Gasteiger partial charge on any atom is -0.344 e. The largest absolute Gasteiger partial charge is 0.344 e. The van der Waals surface area contributed by atoms with Crippen LogP contribution in [0.25, 0.3) is 11.1 Å². The first kappa shape index (κ1) is 17.9. The van der Waals surface area contributed by atoms with Crippen molar-refractivity contribution < 1.29 is 4.39 Å². The van der Waals surface area contributed by atoms with Gasteiger partial charge in [0.25, 0.3) is 0 Å². The van der Waals surface area contributed by atoms with Crippen LogP contribution in [0.3, 0.4) is 0 Å². The minimum atomic E-state index is -0.164.